The lowest BCUT2D eigenvalue weighted by Gasteiger charge is -2.31. The molecule has 1 aliphatic carbocycles. The smallest absolute Gasteiger partial charge is 0.409 e. The largest absolute Gasteiger partial charge is 0.450 e. The molecule has 2 amide bonds. The van der Waals surface area contributed by atoms with Crippen LogP contribution >= 0.6 is 0 Å². The summed E-state index contributed by atoms with van der Waals surface area (Å²) in [5.74, 6) is -0.300. The highest BCUT2D eigenvalue weighted by atomic mass is 16.6. The number of carbonyl (C=O) groups excluding carboxylic acids is 2. The van der Waals surface area contributed by atoms with E-state index >= 15 is 0 Å². The van der Waals surface area contributed by atoms with E-state index in [4.69, 9.17) is 4.74 Å². The van der Waals surface area contributed by atoms with Gasteiger partial charge in [-0.05, 0) is 32.6 Å². The van der Waals surface area contributed by atoms with Crippen LogP contribution in [0.15, 0.2) is 11.8 Å². The molecule has 0 bridgehead atoms. The molecule has 0 aromatic carbocycles. The summed E-state index contributed by atoms with van der Waals surface area (Å²) < 4.78 is 4.99. The number of hydrogen-bond acceptors (Lipinski definition) is 5. The van der Waals surface area contributed by atoms with E-state index in [1.165, 1.54) is 12.6 Å². The number of carbonyl (C=O) groups is 2. The van der Waals surface area contributed by atoms with Crippen molar-refractivity contribution in [1.29, 1.82) is 5.26 Å². The van der Waals surface area contributed by atoms with E-state index in [1.807, 2.05) is 6.07 Å². The summed E-state index contributed by atoms with van der Waals surface area (Å²) in [7, 11) is 0. The van der Waals surface area contributed by atoms with Gasteiger partial charge in [-0.15, -0.1) is 0 Å². The van der Waals surface area contributed by atoms with Crippen LogP contribution in [0.2, 0.25) is 0 Å². The van der Waals surface area contributed by atoms with E-state index in [-0.39, 0.29) is 29.7 Å². The van der Waals surface area contributed by atoms with Crippen LogP contribution in [0.5, 0.6) is 0 Å². The van der Waals surface area contributed by atoms with Gasteiger partial charge in [0.05, 0.1) is 6.61 Å². The molecule has 2 aliphatic rings. The Balaban J connectivity index is 1.78. The van der Waals surface area contributed by atoms with Gasteiger partial charge in [-0.2, -0.15) is 5.26 Å². The van der Waals surface area contributed by atoms with Crippen molar-refractivity contribution in [3.63, 3.8) is 0 Å². The standard InChI is InChI=1S/C18H28N4O3/c1-2-25-18(24)22-10-8-15(9-11-22)20-13-14(12-19)17(23)21-16-6-4-3-5-7-16/h13,15-16,20H,2-11H2,1H3,(H,21,23)/b14-13-. The third kappa shape index (κ3) is 5.96. The highest BCUT2D eigenvalue weighted by Gasteiger charge is 2.23. The number of rotatable bonds is 5. The second kappa shape index (κ2) is 9.92. The van der Waals surface area contributed by atoms with E-state index in [9.17, 15) is 14.9 Å². The molecule has 1 saturated carbocycles. The van der Waals surface area contributed by atoms with Gasteiger partial charge in [0.25, 0.3) is 5.91 Å². The molecule has 0 atom stereocenters. The first-order chi connectivity index (χ1) is 12.1. The molecular formula is C18H28N4O3. The molecule has 2 fully saturated rings. The third-order valence-corrected chi connectivity index (χ3v) is 4.79. The van der Waals surface area contributed by atoms with E-state index in [1.54, 1.807) is 11.8 Å². The Bertz CT molecular complexity index is 527. The first kappa shape index (κ1) is 19.1. The van der Waals surface area contributed by atoms with Crippen molar-refractivity contribution in [3.05, 3.63) is 11.8 Å². The number of hydrogen-bond donors (Lipinski definition) is 2. The van der Waals surface area contributed by atoms with Gasteiger partial charge in [0.2, 0.25) is 0 Å². The van der Waals surface area contributed by atoms with Gasteiger partial charge in [-0.1, -0.05) is 19.3 Å². The number of likely N-dealkylation sites (tertiary alicyclic amines) is 1. The minimum absolute atomic E-state index is 0.110. The number of amides is 2. The minimum Gasteiger partial charge on any atom is -0.450 e. The molecule has 1 heterocycles. The summed E-state index contributed by atoms with van der Waals surface area (Å²) >= 11 is 0. The molecule has 138 valence electrons. The molecule has 7 nitrogen and oxygen atoms in total. The summed E-state index contributed by atoms with van der Waals surface area (Å²) in [5, 5.41) is 15.4. The molecule has 7 heteroatoms. The number of nitrogens with zero attached hydrogens (tertiary/aromatic N) is 2. The van der Waals surface area contributed by atoms with Gasteiger partial charge in [-0.3, -0.25) is 4.79 Å². The fourth-order valence-electron chi connectivity index (χ4n) is 3.30. The van der Waals surface area contributed by atoms with Gasteiger partial charge < -0.3 is 20.3 Å². The maximum atomic E-state index is 12.2. The second-order valence-electron chi connectivity index (χ2n) is 6.61. The van der Waals surface area contributed by atoms with Crippen LogP contribution in [0.1, 0.15) is 51.9 Å². The van der Waals surface area contributed by atoms with Gasteiger partial charge in [0, 0.05) is 31.4 Å². The molecule has 1 aliphatic heterocycles. The van der Waals surface area contributed by atoms with Crippen molar-refractivity contribution in [2.75, 3.05) is 19.7 Å². The Morgan fingerprint density at radius 1 is 1.16 bits per heavy atom. The summed E-state index contributed by atoms with van der Waals surface area (Å²) in [6.07, 6.45) is 8.23. The zero-order chi connectivity index (χ0) is 18.1. The Labute approximate surface area is 149 Å². The van der Waals surface area contributed by atoms with E-state index < -0.39 is 0 Å². The van der Waals surface area contributed by atoms with Crippen molar-refractivity contribution in [2.45, 2.75) is 64.0 Å². The fraction of sp³-hybridized carbons (Fsp3) is 0.722. The van der Waals surface area contributed by atoms with E-state index in [0.29, 0.717) is 19.7 Å². The number of piperidine rings is 1. The van der Waals surface area contributed by atoms with Crippen LogP contribution in [0.25, 0.3) is 0 Å². The van der Waals surface area contributed by atoms with Crippen LogP contribution in [0.3, 0.4) is 0 Å². The summed E-state index contributed by atoms with van der Waals surface area (Å²) in [6, 6.07) is 2.31. The van der Waals surface area contributed by atoms with Gasteiger partial charge in [0.15, 0.2) is 0 Å². The third-order valence-electron chi connectivity index (χ3n) is 4.79. The molecule has 0 radical (unpaired) electrons. The molecule has 0 unspecified atom stereocenters. The van der Waals surface area contributed by atoms with Crippen LogP contribution in [-0.4, -0.2) is 48.7 Å². The van der Waals surface area contributed by atoms with Gasteiger partial charge >= 0.3 is 6.09 Å². The van der Waals surface area contributed by atoms with Crippen molar-refractivity contribution in [2.24, 2.45) is 0 Å². The zero-order valence-electron chi connectivity index (χ0n) is 14.9. The van der Waals surface area contributed by atoms with Gasteiger partial charge in [0.1, 0.15) is 11.6 Å². The summed E-state index contributed by atoms with van der Waals surface area (Å²) in [5.41, 5.74) is 0.110. The van der Waals surface area contributed by atoms with Crippen LogP contribution in [-0.2, 0) is 9.53 Å². The minimum atomic E-state index is -0.300. The predicted octanol–water partition coefficient (Wildman–Crippen LogP) is 2.05. The summed E-state index contributed by atoms with van der Waals surface area (Å²) in [6.45, 7) is 3.39. The Hall–Kier alpha value is -2.23. The molecule has 25 heavy (non-hydrogen) atoms. The lowest BCUT2D eigenvalue weighted by molar-refractivity contribution is -0.118. The second-order valence-corrected chi connectivity index (χ2v) is 6.61. The van der Waals surface area contributed by atoms with Gasteiger partial charge in [-0.25, -0.2) is 4.79 Å². The maximum Gasteiger partial charge on any atom is 0.409 e. The predicted molar refractivity (Wildman–Crippen MR) is 93.5 cm³/mol. The van der Waals surface area contributed by atoms with E-state index in [2.05, 4.69) is 10.6 Å². The normalized spacial score (nSPS) is 19.8. The SMILES string of the molecule is CCOC(=O)N1CCC(N/C=C(/C#N)C(=O)NC2CCCCC2)CC1. The van der Waals surface area contributed by atoms with Crippen LogP contribution in [0.4, 0.5) is 4.79 Å². The first-order valence-corrected chi connectivity index (χ1v) is 9.23. The Kier molecular flexibility index (Phi) is 7.58. The van der Waals surface area contributed by atoms with Crippen LogP contribution < -0.4 is 10.6 Å². The summed E-state index contributed by atoms with van der Waals surface area (Å²) in [4.78, 5) is 25.6. The van der Waals surface area contributed by atoms with Crippen molar-refractivity contribution < 1.29 is 14.3 Å². The van der Waals surface area contributed by atoms with Crippen molar-refractivity contribution >= 4 is 12.0 Å². The highest BCUT2D eigenvalue weighted by molar-refractivity contribution is 5.97. The Morgan fingerprint density at radius 2 is 1.84 bits per heavy atom. The molecule has 1 saturated heterocycles. The molecule has 0 aromatic heterocycles. The topological polar surface area (TPSA) is 94.5 Å². The molecule has 0 aromatic rings. The molecular weight excluding hydrogens is 320 g/mol. The number of nitriles is 1. The number of ether oxygens (including phenoxy) is 1. The van der Waals surface area contributed by atoms with Crippen LogP contribution in [0, 0.1) is 11.3 Å². The average Bonchev–Trinajstić information content (AvgIpc) is 2.64. The lowest BCUT2D eigenvalue weighted by Crippen LogP contribution is -2.44. The lowest BCUT2D eigenvalue weighted by atomic mass is 9.95. The molecule has 2 rings (SSSR count). The zero-order valence-corrected chi connectivity index (χ0v) is 14.9. The van der Waals surface area contributed by atoms with Crippen molar-refractivity contribution in [1.82, 2.24) is 15.5 Å². The molecule has 0 spiro atoms. The highest BCUT2D eigenvalue weighted by Crippen LogP contribution is 2.17. The monoisotopic (exact) mass is 348 g/mol. The first-order valence-electron chi connectivity index (χ1n) is 9.23. The average molecular weight is 348 g/mol. The quantitative estimate of drug-likeness (QED) is 0.586. The molecule has 2 N–H and O–H groups in total. The Morgan fingerprint density at radius 3 is 2.44 bits per heavy atom. The maximum absolute atomic E-state index is 12.2. The fourth-order valence-corrected chi connectivity index (χ4v) is 3.30. The number of nitrogens with one attached hydrogen (secondary N) is 2. The van der Waals surface area contributed by atoms with Crippen molar-refractivity contribution in [3.8, 4) is 6.07 Å². The van der Waals surface area contributed by atoms with E-state index in [0.717, 1.165) is 38.5 Å².